The highest BCUT2D eigenvalue weighted by Gasteiger charge is 2.18. The lowest BCUT2D eigenvalue weighted by Crippen LogP contribution is -2.05. The fraction of sp³-hybridized carbons (Fsp3) is 0.0625. The normalized spacial score (nSPS) is 11.6. The zero-order valence-corrected chi connectivity index (χ0v) is 14.9. The Balaban J connectivity index is 1.92. The molecule has 0 aliphatic rings. The van der Waals surface area contributed by atoms with Crippen LogP contribution >= 0.6 is 34.5 Å². The minimum Gasteiger partial charge on any atom is -0.240 e. The van der Waals surface area contributed by atoms with E-state index in [1.54, 1.807) is 53.9 Å². The predicted molar refractivity (Wildman–Crippen MR) is 94.9 cm³/mol. The summed E-state index contributed by atoms with van der Waals surface area (Å²) in [6.45, 7) is 0. The van der Waals surface area contributed by atoms with Gasteiger partial charge in [-0.2, -0.15) is 0 Å². The lowest BCUT2D eigenvalue weighted by Gasteiger charge is -2.03. The van der Waals surface area contributed by atoms with Crippen molar-refractivity contribution in [3.63, 3.8) is 0 Å². The van der Waals surface area contributed by atoms with Gasteiger partial charge in [-0.15, -0.1) is 11.3 Å². The Labute approximate surface area is 148 Å². The fourth-order valence-corrected chi connectivity index (χ4v) is 5.06. The van der Waals surface area contributed by atoms with Crippen LogP contribution in [0.1, 0.15) is 5.69 Å². The summed E-state index contributed by atoms with van der Waals surface area (Å²) in [5, 5.41) is 3.31. The maximum absolute atomic E-state index is 12.4. The molecule has 0 aliphatic heterocycles. The van der Waals surface area contributed by atoms with E-state index in [0.29, 0.717) is 26.3 Å². The van der Waals surface area contributed by atoms with Crippen molar-refractivity contribution in [1.82, 2.24) is 4.98 Å². The molecule has 0 saturated heterocycles. The van der Waals surface area contributed by atoms with Gasteiger partial charge in [-0.3, -0.25) is 0 Å². The first-order valence-electron chi connectivity index (χ1n) is 6.64. The molecule has 1 aromatic heterocycles. The van der Waals surface area contributed by atoms with Crippen molar-refractivity contribution in [2.24, 2.45) is 0 Å². The van der Waals surface area contributed by atoms with Gasteiger partial charge in [0.1, 0.15) is 5.01 Å². The highest BCUT2D eigenvalue weighted by Crippen LogP contribution is 2.36. The van der Waals surface area contributed by atoms with Gasteiger partial charge in [-0.05, 0) is 24.3 Å². The number of aromatic nitrogens is 1. The van der Waals surface area contributed by atoms with Crippen molar-refractivity contribution in [3.8, 4) is 10.6 Å². The van der Waals surface area contributed by atoms with E-state index in [1.165, 1.54) is 11.3 Å². The first-order chi connectivity index (χ1) is 11.0. The van der Waals surface area contributed by atoms with Gasteiger partial charge in [-0.1, -0.05) is 47.5 Å². The quantitative estimate of drug-likeness (QED) is 0.630. The van der Waals surface area contributed by atoms with Gasteiger partial charge >= 0.3 is 0 Å². The molecule has 118 valence electrons. The number of hydrogen-bond acceptors (Lipinski definition) is 4. The average Bonchev–Trinajstić information content (AvgIpc) is 2.95. The van der Waals surface area contributed by atoms with Gasteiger partial charge < -0.3 is 0 Å². The highest BCUT2D eigenvalue weighted by molar-refractivity contribution is 7.90. The molecular formula is C16H11Cl2NO2S2. The van der Waals surface area contributed by atoms with Gasteiger partial charge in [0.25, 0.3) is 0 Å². The molecule has 0 saturated carbocycles. The van der Waals surface area contributed by atoms with Gasteiger partial charge in [0.15, 0.2) is 9.84 Å². The summed E-state index contributed by atoms with van der Waals surface area (Å²) in [4.78, 5) is 4.67. The molecule has 7 heteroatoms. The number of rotatable bonds is 4. The van der Waals surface area contributed by atoms with E-state index < -0.39 is 9.84 Å². The van der Waals surface area contributed by atoms with Gasteiger partial charge in [-0.25, -0.2) is 13.4 Å². The Morgan fingerprint density at radius 3 is 2.26 bits per heavy atom. The average molecular weight is 384 g/mol. The maximum Gasteiger partial charge on any atom is 0.184 e. The number of halogens is 2. The van der Waals surface area contributed by atoms with Crippen LogP contribution in [0.25, 0.3) is 10.6 Å². The zero-order chi connectivity index (χ0) is 16.4. The summed E-state index contributed by atoms with van der Waals surface area (Å²) in [5.41, 5.74) is 1.11. The van der Waals surface area contributed by atoms with Crippen molar-refractivity contribution >= 4 is 44.4 Å². The summed E-state index contributed by atoms with van der Waals surface area (Å²) in [6.07, 6.45) is 0. The molecule has 3 aromatic rings. The summed E-state index contributed by atoms with van der Waals surface area (Å²) in [7, 11) is -3.42. The monoisotopic (exact) mass is 383 g/mol. The number of hydrogen-bond donors (Lipinski definition) is 0. The molecule has 0 amide bonds. The Bertz CT molecular complexity index is 917. The van der Waals surface area contributed by atoms with E-state index >= 15 is 0 Å². The van der Waals surface area contributed by atoms with E-state index in [4.69, 9.17) is 23.2 Å². The van der Waals surface area contributed by atoms with Crippen molar-refractivity contribution in [1.29, 1.82) is 0 Å². The SMILES string of the molecule is O=S(=O)(Cc1csc(-c2c(Cl)cccc2Cl)n1)c1ccccc1. The van der Waals surface area contributed by atoms with Crippen LogP contribution in [0.4, 0.5) is 0 Å². The van der Waals surface area contributed by atoms with Crippen LogP contribution in [0, 0.1) is 0 Å². The second-order valence-corrected chi connectivity index (χ2v) is 8.47. The zero-order valence-electron chi connectivity index (χ0n) is 11.7. The topological polar surface area (TPSA) is 47.0 Å². The van der Waals surface area contributed by atoms with Crippen LogP contribution in [0.15, 0.2) is 58.8 Å². The van der Waals surface area contributed by atoms with Crippen LogP contribution in [-0.4, -0.2) is 13.4 Å². The minimum atomic E-state index is -3.42. The van der Waals surface area contributed by atoms with Gasteiger partial charge in [0.2, 0.25) is 0 Å². The predicted octanol–water partition coefficient (Wildman–Crippen LogP) is 5.09. The molecule has 1 heterocycles. The third-order valence-corrected chi connectivity index (χ3v) is 6.37. The standard InChI is InChI=1S/C16H11Cl2NO2S2/c17-13-7-4-8-14(18)15(13)16-19-11(9-22-16)10-23(20,21)12-5-2-1-3-6-12/h1-9H,10H2. The lowest BCUT2D eigenvalue weighted by molar-refractivity contribution is 0.595. The number of benzene rings is 2. The molecule has 0 unspecified atom stereocenters. The molecule has 23 heavy (non-hydrogen) atoms. The first kappa shape index (κ1) is 16.5. The summed E-state index contributed by atoms with van der Waals surface area (Å²) in [5.74, 6) is -0.157. The van der Waals surface area contributed by atoms with Crippen LogP contribution < -0.4 is 0 Å². The molecular weight excluding hydrogens is 373 g/mol. The largest absolute Gasteiger partial charge is 0.240 e. The highest BCUT2D eigenvalue weighted by atomic mass is 35.5. The van der Waals surface area contributed by atoms with E-state index in [-0.39, 0.29) is 10.6 Å². The summed E-state index contributed by atoms with van der Waals surface area (Å²) in [6, 6.07) is 13.5. The number of nitrogens with zero attached hydrogens (tertiary/aromatic N) is 1. The number of sulfone groups is 1. The third-order valence-electron chi connectivity index (χ3n) is 3.17. The molecule has 0 fully saturated rings. The van der Waals surface area contributed by atoms with Crippen LogP contribution in [-0.2, 0) is 15.6 Å². The first-order valence-corrected chi connectivity index (χ1v) is 9.93. The molecule has 0 bridgehead atoms. The Morgan fingerprint density at radius 1 is 0.957 bits per heavy atom. The summed E-state index contributed by atoms with van der Waals surface area (Å²) < 4.78 is 24.8. The minimum absolute atomic E-state index is 0.157. The smallest absolute Gasteiger partial charge is 0.184 e. The van der Waals surface area contributed by atoms with Gasteiger partial charge in [0.05, 0.1) is 26.4 Å². The lowest BCUT2D eigenvalue weighted by atomic mass is 10.2. The molecule has 0 atom stereocenters. The molecule has 0 radical (unpaired) electrons. The van der Waals surface area contributed by atoms with E-state index in [9.17, 15) is 8.42 Å². The van der Waals surface area contributed by atoms with Crippen molar-refractivity contribution < 1.29 is 8.42 Å². The molecule has 2 aromatic carbocycles. The summed E-state index contributed by atoms with van der Waals surface area (Å²) >= 11 is 13.7. The Kier molecular flexibility index (Phi) is 4.73. The maximum atomic E-state index is 12.4. The Hall–Kier alpha value is -1.40. The fourth-order valence-electron chi connectivity index (χ4n) is 2.10. The van der Waals surface area contributed by atoms with Crippen molar-refractivity contribution in [3.05, 3.63) is 69.7 Å². The molecule has 0 aliphatic carbocycles. The van der Waals surface area contributed by atoms with Crippen LogP contribution in [0.5, 0.6) is 0 Å². The van der Waals surface area contributed by atoms with Crippen LogP contribution in [0.2, 0.25) is 10.0 Å². The Morgan fingerprint density at radius 2 is 1.61 bits per heavy atom. The molecule has 0 N–H and O–H groups in total. The number of thiazole rings is 1. The molecule has 3 rings (SSSR count). The molecule has 0 spiro atoms. The van der Waals surface area contributed by atoms with E-state index in [1.807, 2.05) is 0 Å². The molecule has 3 nitrogen and oxygen atoms in total. The van der Waals surface area contributed by atoms with Gasteiger partial charge in [0, 0.05) is 10.9 Å². The third kappa shape index (κ3) is 3.58. The second-order valence-electron chi connectivity index (χ2n) is 4.81. The van der Waals surface area contributed by atoms with E-state index in [2.05, 4.69) is 4.98 Å². The van der Waals surface area contributed by atoms with Crippen molar-refractivity contribution in [2.45, 2.75) is 10.6 Å². The second kappa shape index (κ2) is 6.61. The van der Waals surface area contributed by atoms with Crippen LogP contribution in [0.3, 0.4) is 0 Å². The van der Waals surface area contributed by atoms with E-state index in [0.717, 1.165) is 0 Å². The van der Waals surface area contributed by atoms with Crippen molar-refractivity contribution in [2.75, 3.05) is 0 Å².